The van der Waals surface area contributed by atoms with Crippen LogP contribution < -0.4 is 5.32 Å². The second-order valence-corrected chi connectivity index (χ2v) is 5.48. The van der Waals surface area contributed by atoms with Crippen LogP contribution >= 0.6 is 0 Å². The molecule has 2 unspecified atom stereocenters. The molecule has 0 aliphatic carbocycles. The molecule has 6 nitrogen and oxygen atoms in total. The van der Waals surface area contributed by atoms with Gasteiger partial charge in [-0.3, -0.25) is 0 Å². The first-order valence-corrected chi connectivity index (χ1v) is 6.59. The summed E-state index contributed by atoms with van der Waals surface area (Å²) >= 11 is 0. The highest BCUT2D eigenvalue weighted by molar-refractivity contribution is 5.75. The Bertz CT molecular complexity index is 323. The molecule has 1 amide bonds. The maximum atomic E-state index is 11.6. The molecule has 6 heteroatoms. The van der Waals surface area contributed by atoms with Crippen LogP contribution in [0.3, 0.4) is 0 Å². The molecule has 1 aliphatic heterocycles. The van der Waals surface area contributed by atoms with Gasteiger partial charge in [0.1, 0.15) is 5.60 Å². The lowest BCUT2D eigenvalue weighted by atomic mass is 10.0. The highest BCUT2D eigenvalue weighted by Crippen LogP contribution is 2.16. The molecule has 110 valence electrons. The number of carbonyl (C=O) groups excluding carboxylic acids is 2. The number of nitrogens with one attached hydrogen (secondary N) is 1. The van der Waals surface area contributed by atoms with Crippen LogP contribution in [0.5, 0.6) is 0 Å². The van der Waals surface area contributed by atoms with Gasteiger partial charge in [0.25, 0.3) is 0 Å². The van der Waals surface area contributed by atoms with Gasteiger partial charge in [0.15, 0.2) is 6.10 Å². The molecule has 1 N–H and O–H groups in total. The lowest BCUT2D eigenvalue weighted by Crippen LogP contribution is -2.46. The van der Waals surface area contributed by atoms with Crippen LogP contribution in [0, 0.1) is 0 Å². The molecule has 19 heavy (non-hydrogen) atoms. The molecule has 1 fully saturated rings. The van der Waals surface area contributed by atoms with E-state index in [-0.39, 0.29) is 12.0 Å². The Morgan fingerprint density at radius 3 is 2.63 bits per heavy atom. The maximum absolute atomic E-state index is 11.6. The lowest BCUT2D eigenvalue weighted by Gasteiger charge is -2.29. The number of carbonyl (C=O) groups is 2. The molecule has 0 aromatic carbocycles. The van der Waals surface area contributed by atoms with Crippen LogP contribution in [0.15, 0.2) is 0 Å². The standard InChI is InChI=1S/C13H23NO5/c1-5-17-11(15)10-8-9(6-7-18-10)14-12(16)19-13(2,3)4/h9-10H,5-8H2,1-4H3,(H,14,16). The molecular weight excluding hydrogens is 250 g/mol. The molecule has 0 aromatic heterocycles. The Kier molecular flexibility index (Phi) is 5.60. The van der Waals surface area contributed by atoms with Crippen molar-refractivity contribution in [2.75, 3.05) is 13.2 Å². The fourth-order valence-electron chi connectivity index (χ4n) is 1.80. The highest BCUT2D eigenvalue weighted by Gasteiger charge is 2.30. The summed E-state index contributed by atoms with van der Waals surface area (Å²) in [5.41, 5.74) is -0.532. The number of amides is 1. The Hall–Kier alpha value is -1.30. The minimum Gasteiger partial charge on any atom is -0.464 e. The molecule has 0 spiro atoms. The Labute approximate surface area is 113 Å². The van der Waals surface area contributed by atoms with Gasteiger partial charge < -0.3 is 19.5 Å². The van der Waals surface area contributed by atoms with Crippen molar-refractivity contribution in [3.63, 3.8) is 0 Å². The van der Waals surface area contributed by atoms with Gasteiger partial charge in [0.05, 0.1) is 6.61 Å². The summed E-state index contributed by atoms with van der Waals surface area (Å²) in [5, 5.41) is 2.75. The summed E-state index contributed by atoms with van der Waals surface area (Å²) in [7, 11) is 0. The fraction of sp³-hybridized carbons (Fsp3) is 0.846. The van der Waals surface area contributed by atoms with Crippen LogP contribution in [0.2, 0.25) is 0 Å². The number of ether oxygens (including phenoxy) is 3. The molecule has 0 radical (unpaired) electrons. The maximum Gasteiger partial charge on any atom is 0.407 e. The van der Waals surface area contributed by atoms with E-state index in [1.165, 1.54) is 0 Å². The van der Waals surface area contributed by atoms with Crippen molar-refractivity contribution >= 4 is 12.1 Å². The molecule has 0 bridgehead atoms. The topological polar surface area (TPSA) is 73.9 Å². The van der Waals surface area contributed by atoms with Gasteiger partial charge in [-0.25, -0.2) is 9.59 Å². The summed E-state index contributed by atoms with van der Waals surface area (Å²) in [6, 6.07) is -0.127. The van der Waals surface area contributed by atoms with Gasteiger partial charge in [0.2, 0.25) is 0 Å². The average molecular weight is 273 g/mol. The summed E-state index contributed by atoms with van der Waals surface area (Å²) in [5.74, 6) is -0.377. The number of hydrogen-bond donors (Lipinski definition) is 1. The lowest BCUT2D eigenvalue weighted by molar-refractivity contribution is -0.160. The van der Waals surface area contributed by atoms with E-state index in [1.807, 2.05) is 0 Å². The number of rotatable bonds is 3. The largest absolute Gasteiger partial charge is 0.464 e. The van der Waals surface area contributed by atoms with Gasteiger partial charge in [-0.05, 0) is 34.1 Å². The Morgan fingerprint density at radius 2 is 2.05 bits per heavy atom. The monoisotopic (exact) mass is 273 g/mol. The van der Waals surface area contributed by atoms with Gasteiger partial charge in [0, 0.05) is 19.1 Å². The summed E-state index contributed by atoms with van der Waals surface area (Å²) in [4.78, 5) is 23.2. The summed E-state index contributed by atoms with van der Waals surface area (Å²) < 4.78 is 15.4. The molecule has 0 aromatic rings. The fourth-order valence-corrected chi connectivity index (χ4v) is 1.80. The van der Waals surface area contributed by atoms with Crippen LogP contribution in [-0.2, 0) is 19.0 Å². The van der Waals surface area contributed by atoms with Crippen LogP contribution in [0.4, 0.5) is 4.79 Å². The van der Waals surface area contributed by atoms with E-state index in [2.05, 4.69) is 5.32 Å². The van der Waals surface area contributed by atoms with Gasteiger partial charge >= 0.3 is 12.1 Å². The highest BCUT2D eigenvalue weighted by atomic mass is 16.6. The Balaban J connectivity index is 2.42. The predicted octanol–water partition coefficient (Wildman–Crippen LogP) is 1.62. The third-order valence-electron chi connectivity index (χ3n) is 2.55. The molecule has 1 saturated heterocycles. The average Bonchev–Trinajstić information content (AvgIpc) is 2.27. The van der Waals surface area contributed by atoms with Gasteiger partial charge in [-0.15, -0.1) is 0 Å². The first-order chi connectivity index (χ1) is 8.81. The minimum absolute atomic E-state index is 0.127. The van der Waals surface area contributed by atoms with Crippen molar-refractivity contribution in [1.82, 2.24) is 5.32 Å². The van der Waals surface area contributed by atoms with Crippen molar-refractivity contribution < 1.29 is 23.8 Å². The quantitative estimate of drug-likeness (QED) is 0.791. The SMILES string of the molecule is CCOC(=O)C1CC(NC(=O)OC(C)(C)C)CCO1. The normalized spacial score (nSPS) is 23.6. The first-order valence-electron chi connectivity index (χ1n) is 6.59. The van der Waals surface area contributed by atoms with E-state index in [0.29, 0.717) is 26.1 Å². The number of esters is 1. The van der Waals surface area contributed by atoms with Crippen molar-refractivity contribution in [3.8, 4) is 0 Å². The molecule has 1 rings (SSSR count). The third-order valence-corrected chi connectivity index (χ3v) is 2.55. The second-order valence-electron chi connectivity index (χ2n) is 5.48. The molecule has 0 saturated carbocycles. The molecular formula is C13H23NO5. The zero-order valence-electron chi connectivity index (χ0n) is 12.0. The van der Waals surface area contributed by atoms with Crippen molar-refractivity contribution in [1.29, 1.82) is 0 Å². The predicted molar refractivity (Wildman–Crippen MR) is 68.8 cm³/mol. The molecule has 1 aliphatic rings. The Morgan fingerprint density at radius 1 is 1.37 bits per heavy atom. The zero-order valence-corrected chi connectivity index (χ0v) is 12.0. The van der Waals surface area contributed by atoms with E-state index >= 15 is 0 Å². The second kappa shape index (κ2) is 6.75. The van der Waals surface area contributed by atoms with Gasteiger partial charge in [-0.1, -0.05) is 0 Å². The van der Waals surface area contributed by atoms with Crippen LogP contribution in [0.25, 0.3) is 0 Å². The molecule has 1 heterocycles. The van der Waals surface area contributed by atoms with Gasteiger partial charge in [-0.2, -0.15) is 0 Å². The van der Waals surface area contributed by atoms with E-state index in [1.54, 1.807) is 27.7 Å². The van der Waals surface area contributed by atoms with E-state index in [4.69, 9.17) is 14.2 Å². The van der Waals surface area contributed by atoms with E-state index < -0.39 is 17.8 Å². The van der Waals surface area contributed by atoms with Crippen LogP contribution in [0.1, 0.15) is 40.5 Å². The minimum atomic E-state index is -0.603. The van der Waals surface area contributed by atoms with Crippen molar-refractivity contribution in [3.05, 3.63) is 0 Å². The van der Waals surface area contributed by atoms with E-state index in [0.717, 1.165) is 0 Å². The van der Waals surface area contributed by atoms with Crippen molar-refractivity contribution in [2.24, 2.45) is 0 Å². The smallest absolute Gasteiger partial charge is 0.407 e. The molecule has 2 atom stereocenters. The third kappa shape index (κ3) is 5.92. The summed E-state index contributed by atoms with van der Waals surface area (Å²) in [6.07, 6.45) is 0.00313. The number of hydrogen-bond acceptors (Lipinski definition) is 5. The number of alkyl carbamates (subject to hydrolysis) is 1. The zero-order chi connectivity index (χ0) is 14.5. The summed E-state index contributed by atoms with van der Waals surface area (Å²) in [6.45, 7) is 7.90. The van der Waals surface area contributed by atoms with Crippen molar-refractivity contribution in [2.45, 2.75) is 58.3 Å². The van der Waals surface area contributed by atoms with Crippen LogP contribution in [-0.4, -0.2) is 43.0 Å². The first kappa shape index (κ1) is 15.8. The van der Waals surface area contributed by atoms with E-state index in [9.17, 15) is 9.59 Å².